The third-order valence-electron chi connectivity index (χ3n) is 5.58. The lowest BCUT2D eigenvalue weighted by Crippen LogP contribution is -2.22. The van der Waals surface area contributed by atoms with Crippen molar-refractivity contribution >= 4 is 22.5 Å². The van der Waals surface area contributed by atoms with Crippen molar-refractivity contribution in [3.05, 3.63) is 62.9 Å². The molecule has 0 radical (unpaired) electrons. The Morgan fingerprint density at radius 2 is 2.10 bits per heavy atom. The molecule has 1 fully saturated rings. The molecule has 0 unspecified atom stereocenters. The van der Waals surface area contributed by atoms with Gasteiger partial charge in [0.1, 0.15) is 16.7 Å². The normalized spacial score (nSPS) is 16.3. The van der Waals surface area contributed by atoms with Gasteiger partial charge in [0.2, 0.25) is 0 Å². The minimum Gasteiger partial charge on any atom is -0.493 e. The first kappa shape index (κ1) is 21.6. The van der Waals surface area contributed by atoms with Gasteiger partial charge in [0.05, 0.1) is 29.3 Å². The molecule has 0 saturated heterocycles. The third kappa shape index (κ3) is 4.24. The molecule has 1 atom stereocenters. The van der Waals surface area contributed by atoms with Crippen LogP contribution >= 0.6 is 11.6 Å². The Morgan fingerprint density at radius 3 is 2.74 bits per heavy atom. The SMILES string of the molecule is C[C@@H](N)c1cccc(C(F)(F)F)c1OCCC1(c2nc3cnc(Cl)cc3c(=O)[nH]2)CC1. The van der Waals surface area contributed by atoms with Crippen molar-refractivity contribution in [1.29, 1.82) is 0 Å². The molecule has 31 heavy (non-hydrogen) atoms. The Bertz CT molecular complexity index is 1190. The van der Waals surface area contributed by atoms with Gasteiger partial charge in [-0.2, -0.15) is 13.2 Å². The van der Waals surface area contributed by atoms with E-state index in [9.17, 15) is 18.0 Å². The standard InChI is InChI=1S/C21H20ClF3N4O2/c1-11(26)12-3-2-4-14(21(23,24)25)17(12)31-8-7-20(5-6-20)19-28-15-10-27-16(22)9-13(15)18(30)29-19/h2-4,9-11H,5-8,26H2,1H3,(H,28,29,30)/t11-/m1/s1. The van der Waals surface area contributed by atoms with E-state index in [4.69, 9.17) is 22.1 Å². The number of halogens is 4. The summed E-state index contributed by atoms with van der Waals surface area (Å²) >= 11 is 5.84. The minimum absolute atomic E-state index is 0.0213. The van der Waals surface area contributed by atoms with Gasteiger partial charge < -0.3 is 15.5 Å². The van der Waals surface area contributed by atoms with Crippen molar-refractivity contribution in [2.24, 2.45) is 5.73 Å². The van der Waals surface area contributed by atoms with Gasteiger partial charge in [-0.3, -0.25) is 4.79 Å². The van der Waals surface area contributed by atoms with E-state index in [0.29, 0.717) is 28.7 Å². The highest BCUT2D eigenvalue weighted by Gasteiger charge is 2.47. The number of hydrogen-bond acceptors (Lipinski definition) is 5. The number of nitrogens with two attached hydrogens (primary N) is 1. The molecule has 3 N–H and O–H groups in total. The Hall–Kier alpha value is -2.65. The minimum atomic E-state index is -4.56. The molecule has 1 aliphatic carbocycles. The maximum absolute atomic E-state index is 13.5. The molecule has 1 saturated carbocycles. The van der Waals surface area contributed by atoms with Crippen molar-refractivity contribution in [2.75, 3.05) is 6.61 Å². The zero-order chi connectivity index (χ0) is 22.4. The van der Waals surface area contributed by atoms with Crippen LogP contribution in [-0.2, 0) is 11.6 Å². The zero-order valence-electron chi connectivity index (χ0n) is 16.6. The molecule has 10 heteroatoms. The van der Waals surface area contributed by atoms with Crippen molar-refractivity contribution in [1.82, 2.24) is 15.0 Å². The Labute approximate surface area is 180 Å². The van der Waals surface area contributed by atoms with Crippen LogP contribution in [0.15, 0.2) is 35.3 Å². The molecule has 0 aliphatic heterocycles. The molecule has 2 heterocycles. The number of nitrogens with zero attached hydrogens (tertiary/aromatic N) is 2. The first-order valence-electron chi connectivity index (χ1n) is 9.75. The van der Waals surface area contributed by atoms with Crippen LogP contribution in [0.5, 0.6) is 5.75 Å². The number of pyridine rings is 1. The Kier molecular flexibility index (Phi) is 5.43. The highest BCUT2D eigenvalue weighted by molar-refractivity contribution is 6.30. The molecule has 1 aliphatic rings. The van der Waals surface area contributed by atoms with E-state index in [-0.39, 0.29) is 23.1 Å². The molecule has 2 aromatic heterocycles. The van der Waals surface area contributed by atoms with E-state index in [2.05, 4.69) is 15.0 Å². The average Bonchev–Trinajstić information content (AvgIpc) is 3.48. The van der Waals surface area contributed by atoms with E-state index in [0.717, 1.165) is 18.9 Å². The lowest BCUT2D eigenvalue weighted by atomic mass is 10.0. The Morgan fingerprint density at radius 1 is 1.35 bits per heavy atom. The predicted molar refractivity (Wildman–Crippen MR) is 110 cm³/mol. The predicted octanol–water partition coefficient (Wildman–Crippen LogP) is 4.51. The van der Waals surface area contributed by atoms with Crippen molar-refractivity contribution in [3.8, 4) is 5.75 Å². The number of aromatic amines is 1. The second-order valence-electron chi connectivity index (χ2n) is 7.83. The zero-order valence-corrected chi connectivity index (χ0v) is 17.3. The van der Waals surface area contributed by atoms with Crippen LogP contribution in [0.3, 0.4) is 0 Å². The van der Waals surface area contributed by atoms with E-state index in [1.54, 1.807) is 6.92 Å². The number of aromatic nitrogens is 3. The van der Waals surface area contributed by atoms with Crippen LogP contribution in [0.4, 0.5) is 13.2 Å². The molecular formula is C21H20ClF3N4O2. The largest absolute Gasteiger partial charge is 0.493 e. The highest BCUT2D eigenvalue weighted by Crippen LogP contribution is 2.50. The highest BCUT2D eigenvalue weighted by atomic mass is 35.5. The van der Waals surface area contributed by atoms with Gasteiger partial charge in [0, 0.05) is 17.0 Å². The summed E-state index contributed by atoms with van der Waals surface area (Å²) in [4.78, 5) is 23.7. The van der Waals surface area contributed by atoms with Gasteiger partial charge in [-0.25, -0.2) is 9.97 Å². The Balaban J connectivity index is 1.58. The number of nitrogens with one attached hydrogen (secondary N) is 1. The van der Waals surface area contributed by atoms with E-state index >= 15 is 0 Å². The monoisotopic (exact) mass is 452 g/mol. The number of benzene rings is 1. The van der Waals surface area contributed by atoms with Gasteiger partial charge in [-0.05, 0) is 38.3 Å². The summed E-state index contributed by atoms with van der Waals surface area (Å²) in [6.07, 6.45) is -1.25. The van der Waals surface area contributed by atoms with Crippen LogP contribution in [0.25, 0.3) is 10.9 Å². The average molecular weight is 453 g/mol. The molecule has 0 amide bonds. The number of H-pyrrole nitrogens is 1. The molecule has 0 bridgehead atoms. The van der Waals surface area contributed by atoms with Crippen LogP contribution < -0.4 is 16.0 Å². The topological polar surface area (TPSA) is 93.9 Å². The van der Waals surface area contributed by atoms with Crippen molar-refractivity contribution < 1.29 is 17.9 Å². The summed E-state index contributed by atoms with van der Waals surface area (Å²) in [7, 11) is 0. The van der Waals surface area contributed by atoms with Crippen LogP contribution in [-0.4, -0.2) is 21.6 Å². The molecule has 3 aromatic rings. The summed E-state index contributed by atoms with van der Waals surface area (Å²) < 4.78 is 46.0. The lowest BCUT2D eigenvalue weighted by Gasteiger charge is -2.21. The number of ether oxygens (including phenoxy) is 1. The summed E-state index contributed by atoms with van der Waals surface area (Å²) in [6, 6.07) is 4.65. The van der Waals surface area contributed by atoms with Crippen LogP contribution in [0.2, 0.25) is 5.15 Å². The van der Waals surface area contributed by atoms with E-state index < -0.39 is 23.2 Å². The maximum atomic E-state index is 13.5. The maximum Gasteiger partial charge on any atom is 0.419 e. The van der Waals surface area contributed by atoms with E-state index in [1.807, 2.05) is 0 Å². The second kappa shape index (κ2) is 7.80. The number of para-hydroxylation sites is 1. The number of alkyl halides is 3. The number of hydrogen-bond donors (Lipinski definition) is 2. The quantitative estimate of drug-likeness (QED) is 0.537. The fourth-order valence-electron chi connectivity index (χ4n) is 3.67. The van der Waals surface area contributed by atoms with Gasteiger partial charge in [-0.15, -0.1) is 0 Å². The smallest absolute Gasteiger partial charge is 0.419 e. The van der Waals surface area contributed by atoms with Crippen LogP contribution in [0.1, 0.15) is 49.2 Å². The number of fused-ring (bicyclic) bond motifs is 1. The molecular weight excluding hydrogens is 433 g/mol. The van der Waals surface area contributed by atoms with Gasteiger partial charge in [0.25, 0.3) is 5.56 Å². The summed E-state index contributed by atoms with van der Waals surface area (Å²) in [5, 5.41) is 0.520. The number of rotatable bonds is 6. The van der Waals surface area contributed by atoms with Gasteiger partial charge >= 0.3 is 6.18 Å². The first-order chi connectivity index (χ1) is 14.6. The summed E-state index contributed by atoms with van der Waals surface area (Å²) in [6.45, 7) is 1.63. The van der Waals surface area contributed by atoms with Gasteiger partial charge in [0.15, 0.2) is 0 Å². The fraction of sp³-hybridized carbons (Fsp3) is 0.381. The first-order valence-corrected chi connectivity index (χ1v) is 10.1. The molecule has 4 rings (SSSR count). The molecule has 6 nitrogen and oxygen atoms in total. The molecule has 1 aromatic carbocycles. The van der Waals surface area contributed by atoms with Crippen LogP contribution in [0, 0.1) is 0 Å². The second-order valence-corrected chi connectivity index (χ2v) is 8.22. The fourth-order valence-corrected chi connectivity index (χ4v) is 3.83. The van der Waals surface area contributed by atoms with E-state index in [1.165, 1.54) is 24.4 Å². The van der Waals surface area contributed by atoms with Gasteiger partial charge in [-0.1, -0.05) is 23.7 Å². The van der Waals surface area contributed by atoms with Crippen molar-refractivity contribution in [2.45, 2.75) is 43.8 Å². The summed E-state index contributed by atoms with van der Waals surface area (Å²) in [5.41, 5.74) is 4.92. The lowest BCUT2D eigenvalue weighted by molar-refractivity contribution is -0.139. The molecule has 164 valence electrons. The summed E-state index contributed by atoms with van der Waals surface area (Å²) in [5.74, 6) is 0.230. The van der Waals surface area contributed by atoms with Crippen molar-refractivity contribution in [3.63, 3.8) is 0 Å². The third-order valence-corrected chi connectivity index (χ3v) is 5.79. The molecule has 0 spiro atoms.